The van der Waals surface area contributed by atoms with Crippen LogP contribution in [-0.2, 0) is 38.2 Å². The molecule has 1 heterocycles. The number of allylic oxidation sites excluding steroid dienone is 4. The van der Waals surface area contributed by atoms with Gasteiger partial charge in [-0.1, -0.05) is 41.1 Å². The van der Waals surface area contributed by atoms with Crippen molar-refractivity contribution < 1.29 is 67.1 Å². The summed E-state index contributed by atoms with van der Waals surface area (Å²) in [5.41, 5.74) is -6.42. The summed E-state index contributed by atoms with van der Waals surface area (Å²) in [6.07, 6.45) is -0.429. The predicted octanol–water partition coefficient (Wildman–Crippen LogP) is 3.00. The molecule has 0 radical (unpaired) electrons. The Morgan fingerprint density at radius 1 is 1.03 bits per heavy atom. The lowest BCUT2D eigenvalue weighted by Crippen LogP contribution is -2.70. The number of nitrogens with one attached hydrogen (secondary N) is 3. The third-order valence-electron chi connectivity index (χ3n) is 14.3. The van der Waals surface area contributed by atoms with E-state index in [1.165, 1.54) is 19.1 Å². The molecule has 6 N–H and O–H groups in total. The Labute approximate surface area is 359 Å². The van der Waals surface area contributed by atoms with Crippen LogP contribution in [-0.4, -0.2) is 117 Å². The van der Waals surface area contributed by atoms with Gasteiger partial charge in [0.25, 0.3) is 0 Å². The van der Waals surface area contributed by atoms with E-state index in [9.17, 15) is 39.0 Å². The molecule has 1 aromatic rings. The van der Waals surface area contributed by atoms with Crippen molar-refractivity contribution >= 4 is 51.2 Å². The molecule has 1 aliphatic heterocycles. The number of ether oxygens (including phenoxy) is 3. The van der Waals surface area contributed by atoms with E-state index in [1.54, 1.807) is 31.2 Å². The number of alkyl halides is 3. The van der Waals surface area contributed by atoms with Gasteiger partial charge in [0.2, 0.25) is 17.7 Å². The molecule has 0 unspecified atom stereocenters. The van der Waals surface area contributed by atoms with Crippen LogP contribution in [0, 0.1) is 22.7 Å². The van der Waals surface area contributed by atoms with Gasteiger partial charge in [-0.15, -0.1) is 0 Å². The quantitative estimate of drug-likeness (QED) is 0.148. The summed E-state index contributed by atoms with van der Waals surface area (Å²) in [4.78, 5) is 74.2. The summed E-state index contributed by atoms with van der Waals surface area (Å²) in [7, 11) is 0. The monoisotopic (exact) mass is 919 g/mol. The molecule has 1 saturated heterocycles. The minimum Gasteiger partial charge on any atom is -0.490 e. The fraction of sp³-hybridized carbons (Fsp3) is 0.628. The number of aliphatic carboxylic acids is 1. The number of aliphatic hydroxyl groups is 2. The number of Topliss-reactive ketones (excluding diaryl/α,β-unsaturated/α-hetero) is 1. The van der Waals surface area contributed by atoms with Gasteiger partial charge in [-0.2, -0.15) is 0 Å². The number of carbonyl (C=O) groups is 6. The van der Waals surface area contributed by atoms with Crippen molar-refractivity contribution in [3.8, 4) is 5.75 Å². The molecular weight excluding hydrogens is 868 g/mol. The molecule has 61 heavy (non-hydrogen) atoms. The van der Waals surface area contributed by atoms with Crippen molar-refractivity contribution in [3.63, 3.8) is 0 Å². The topological polar surface area (TPSA) is 227 Å². The zero-order valence-corrected chi connectivity index (χ0v) is 35.5. The largest absolute Gasteiger partial charge is 0.490 e. The molecule has 0 spiro atoms. The van der Waals surface area contributed by atoms with Crippen LogP contribution in [0.1, 0.15) is 83.5 Å². The number of carbonyl (C=O) groups excluding carboxylic acids is 5. The van der Waals surface area contributed by atoms with E-state index >= 15 is 8.78 Å². The van der Waals surface area contributed by atoms with Crippen LogP contribution in [0.15, 0.2) is 48.1 Å². The van der Waals surface area contributed by atoms with Crippen molar-refractivity contribution in [2.75, 3.05) is 18.5 Å². The zero-order valence-electron chi connectivity index (χ0n) is 33.9. The smallest absolute Gasteiger partial charge is 0.303 e. The van der Waals surface area contributed by atoms with E-state index in [2.05, 4.69) is 31.9 Å². The fourth-order valence-corrected chi connectivity index (χ4v) is 11.4. The molecule has 4 saturated carbocycles. The van der Waals surface area contributed by atoms with Gasteiger partial charge < -0.3 is 45.5 Å². The first kappa shape index (κ1) is 44.9. The van der Waals surface area contributed by atoms with E-state index in [0.29, 0.717) is 37.0 Å². The van der Waals surface area contributed by atoms with Crippen LogP contribution in [0.3, 0.4) is 0 Å². The van der Waals surface area contributed by atoms with E-state index in [4.69, 9.17) is 19.3 Å². The highest BCUT2D eigenvalue weighted by Crippen LogP contribution is 2.72. The first-order valence-corrected chi connectivity index (χ1v) is 21.9. The number of aliphatic hydroxyl groups excluding tert-OH is 2. The number of halogens is 3. The average Bonchev–Trinajstić information content (AvgIpc) is 3.73. The molecule has 5 fully saturated rings. The number of rotatable bonds is 14. The molecule has 6 aliphatic rings. The second-order valence-corrected chi connectivity index (χ2v) is 18.2. The second kappa shape index (κ2) is 17.2. The highest BCUT2D eigenvalue weighted by atomic mass is 79.9. The molecule has 3 amide bonds. The maximum atomic E-state index is 17.7. The number of amides is 3. The number of carboxylic acids is 1. The van der Waals surface area contributed by atoms with Gasteiger partial charge in [0.15, 0.2) is 29.1 Å². The normalized spacial score (nSPS) is 37.8. The summed E-state index contributed by atoms with van der Waals surface area (Å²) in [6, 6.07) is 5.56. The van der Waals surface area contributed by atoms with Gasteiger partial charge in [-0.25, -0.2) is 8.78 Å². The summed E-state index contributed by atoms with van der Waals surface area (Å²) in [5.74, 6) is -5.00. The molecule has 0 bridgehead atoms. The minimum absolute atomic E-state index is 0.00286. The standard InChI is InChI=1S/C43H52BrF2N3O12/c1-40-14-13-24(51)15-29(40)30(45)16-28-27-17-34-43(33(53)21-50,41(27,2)18-32(52)42(28,40)46)61-39(60-34)22-3-7-25(8-4-22)59-26-9-5-23(6-10-26)48-38(58)31(11-12-37(56)57)49-36(55)20-47-35(54)19-44/h3-4,7-8,13-15,23,26-28,30-32,34,39,50,52H,5-6,9-12,16-21H2,1-2H3,(H,47,54)(H,48,58)(H,49,55)(H,56,57)/t23?,26?,27-,28-,30-,31-,32-,34+,39+,40-,41-,42-,43+/m0/s1. The maximum Gasteiger partial charge on any atom is 0.303 e. The van der Waals surface area contributed by atoms with Gasteiger partial charge >= 0.3 is 5.97 Å². The van der Waals surface area contributed by atoms with Crippen molar-refractivity contribution in [2.24, 2.45) is 22.7 Å². The van der Waals surface area contributed by atoms with Crippen LogP contribution in [0.5, 0.6) is 5.75 Å². The summed E-state index contributed by atoms with van der Waals surface area (Å²) < 4.78 is 52.9. The summed E-state index contributed by atoms with van der Waals surface area (Å²) in [6.45, 7) is 1.97. The zero-order chi connectivity index (χ0) is 44.1. The van der Waals surface area contributed by atoms with Crippen LogP contribution >= 0.6 is 15.9 Å². The Hall–Kier alpha value is -4.10. The van der Waals surface area contributed by atoms with Crippen LogP contribution in [0.4, 0.5) is 8.78 Å². The van der Waals surface area contributed by atoms with Crippen LogP contribution < -0.4 is 20.7 Å². The summed E-state index contributed by atoms with van der Waals surface area (Å²) >= 11 is 2.98. The van der Waals surface area contributed by atoms with Crippen LogP contribution in [0.25, 0.3) is 0 Å². The third-order valence-corrected chi connectivity index (χ3v) is 14.8. The molecule has 18 heteroatoms. The van der Waals surface area contributed by atoms with Crippen molar-refractivity contribution in [3.05, 3.63) is 53.6 Å². The molecule has 332 valence electrons. The van der Waals surface area contributed by atoms with Gasteiger partial charge in [0, 0.05) is 34.8 Å². The van der Waals surface area contributed by atoms with E-state index < -0.39 is 107 Å². The number of hydrogen-bond donors (Lipinski definition) is 6. The molecule has 1 aromatic carbocycles. The average molecular weight is 921 g/mol. The van der Waals surface area contributed by atoms with E-state index in [-0.39, 0.29) is 61.7 Å². The van der Waals surface area contributed by atoms with E-state index in [1.807, 2.05) is 0 Å². The van der Waals surface area contributed by atoms with Crippen molar-refractivity contribution in [1.82, 2.24) is 16.0 Å². The van der Waals surface area contributed by atoms with Gasteiger partial charge in [-0.05, 0) is 94.1 Å². The Balaban J connectivity index is 0.975. The molecular formula is C43H52BrF2N3O12. The Morgan fingerprint density at radius 3 is 2.39 bits per heavy atom. The molecule has 11 atom stereocenters. The highest BCUT2D eigenvalue weighted by molar-refractivity contribution is 9.09. The SMILES string of the molecule is C[C@]12C=CC(=O)C=C1[C@@H](F)C[C@H]1[C@@H]3C[C@H]4O[C@@H](c5ccc(OC6CCC(NC(=O)[C@H](CCC(=O)O)NC(=O)CNC(=O)CBr)CC6)cc5)O[C@@]4(C(=O)CO)[C@@]3(C)C[C@H](O)[C@@]12F. The Kier molecular flexibility index (Phi) is 12.7. The fourth-order valence-electron chi connectivity index (χ4n) is 11.2. The van der Waals surface area contributed by atoms with E-state index in [0.717, 1.165) is 6.08 Å². The Morgan fingerprint density at radius 2 is 1.74 bits per heavy atom. The molecule has 15 nitrogen and oxygen atoms in total. The third kappa shape index (κ3) is 7.84. The lowest BCUT2D eigenvalue weighted by atomic mass is 9.44. The summed E-state index contributed by atoms with van der Waals surface area (Å²) in [5, 5.41) is 39.0. The Bertz CT molecular complexity index is 2000. The minimum atomic E-state index is -2.35. The lowest BCUT2D eigenvalue weighted by Gasteiger charge is -2.63. The number of carboxylic acid groups (broad SMARTS) is 1. The van der Waals surface area contributed by atoms with Gasteiger partial charge in [0.1, 0.15) is 24.6 Å². The number of benzene rings is 1. The van der Waals surface area contributed by atoms with Crippen molar-refractivity contribution in [1.29, 1.82) is 0 Å². The molecule has 5 aliphatic carbocycles. The van der Waals surface area contributed by atoms with Crippen LogP contribution in [0.2, 0.25) is 0 Å². The first-order chi connectivity index (χ1) is 28.9. The highest BCUT2D eigenvalue weighted by Gasteiger charge is 2.80. The lowest BCUT2D eigenvalue weighted by molar-refractivity contribution is -0.235. The predicted molar refractivity (Wildman–Crippen MR) is 214 cm³/mol. The molecule has 0 aromatic heterocycles. The first-order valence-electron chi connectivity index (χ1n) is 20.7. The van der Waals surface area contributed by atoms with Gasteiger partial charge in [-0.3, -0.25) is 28.8 Å². The number of fused-ring (bicyclic) bond motifs is 7. The van der Waals surface area contributed by atoms with Gasteiger partial charge in [0.05, 0.1) is 30.2 Å². The number of ketones is 2. The second-order valence-electron chi connectivity index (χ2n) is 17.6. The van der Waals surface area contributed by atoms with Crippen molar-refractivity contribution in [2.45, 2.75) is 126 Å². The maximum absolute atomic E-state index is 17.7. The molecule has 7 rings (SSSR count). The number of hydrogen-bond acceptors (Lipinski definition) is 11.